The maximum Gasteiger partial charge on any atom is 0.156 e. The number of rotatable bonds is 1. The first kappa shape index (κ1) is 7.33. The van der Waals surface area contributed by atoms with Crippen LogP contribution in [0.2, 0.25) is 5.15 Å². The molecule has 0 radical (unpaired) electrons. The van der Waals surface area contributed by atoms with E-state index in [1.54, 1.807) is 6.20 Å². The second-order valence-electron chi connectivity index (χ2n) is 3.38. The summed E-state index contributed by atoms with van der Waals surface area (Å²) < 4.78 is 1.88. The summed E-state index contributed by atoms with van der Waals surface area (Å²) in [7, 11) is 0. The number of aromatic nitrogens is 3. The fourth-order valence-electron chi connectivity index (χ4n) is 1.57. The molecule has 1 aliphatic rings. The van der Waals surface area contributed by atoms with Gasteiger partial charge in [0.25, 0.3) is 0 Å². The van der Waals surface area contributed by atoms with Crippen molar-refractivity contribution in [3.05, 3.63) is 29.2 Å². The Kier molecular flexibility index (Phi) is 1.38. The zero-order valence-electron chi connectivity index (χ0n) is 6.94. The lowest BCUT2D eigenvalue weighted by atomic mass is 10.3. The van der Waals surface area contributed by atoms with Gasteiger partial charge in [0.15, 0.2) is 5.65 Å². The molecule has 0 atom stereocenters. The summed E-state index contributed by atoms with van der Waals surface area (Å²) in [6.07, 6.45) is 4.25. The molecule has 0 unspecified atom stereocenters. The van der Waals surface area contributed by atoms with Crippen molar-refractivity contribution in [2.24, 2.45) is 0 Å². The molecule has 1 saturated carbocycles. The lowest BCUT2D eigenvalue weighted by Crippen LogP contribution is -1.98. The third kappa shape index (κ3) is 1.11. The van der Waals surface area contributed by atoms with E-state index in [0.717, 1.165) is 5.65 Å². The van der Waals surface area contributed by atoms with E-state index in [2.05, 4.69) is 10.1 Å². The SMILES string of the molecule is Clc1cc(C2CC2)n2nccc2n1. The minimum absolute atomic E-state index is 0.565. The highest BCUT2D eigenvalue weighted by Crippen LogP contribution is 2.40. The Morgan fingerprint density at radius 3 is 3.08 bits per heavy atom. The average Bonchev–Trinajstić information content (AvgIpc) is 2.84. The quantitative estimate of drug-likeness (QED) is 0.651. The van der Waals surface area contributed by atoms with Gasteiger partial charge in [-0.15, -0.1) is 0 Å². The Bertz CT molecular complexity index is 459. The van der Waals surface area contributed by atoms with Crippen LogP contribution in [-0.4, -0.2) is 14.6 Å². The molecule has 4 heteroatoms. The van der Waals surface area contributed by atoms with Gasteiger partial charge in [-0.1, -0.05) is 11.6 Å². The van der Waals surface area contributed by atoms with Crippen LogP contribution in [0.1, 0.15) is 24.5 Å². The average molecular weight is 194 g/mol. The van der Waals surface area contributed by atoms with Crippen molar-refractivity contribution in [1.82, 2.24) is 14.6 Å². The second kappa shape index (κ2) is 2.45. The summed E-state index contributed by atoms with van der Waals surface area (Å²) in [6.45, 7) is 0. The molecule has 0 spiro atoms. The highest BCUT2D eigenvalue weighted by Gasteiger charge is 2.26. The van der Waals surface area contributed by atoms with Gasteiger partial charge >= 0.3 is 0 Å². The maximum atomic E-state index is 5.90. The van der Waals surface area contributed by atoms with E-state index in [9.17, 15) is 0 Å². The number of hydrogen-bond acceptors (Lipinski definition) is 2. The number of fused-ring (bicyclic) bond motifs is 1. The Morgan fingerprint density at radius 2 is 2.31 bits per heavy atom. The molecule has 0 bridgehead atoms. The summed E-state index contributed by atoms with van der Waals surface area (Å²) in [4.78, 5) is 4.17. The molecular formula is C9H8ClN3. The number of halogens is 1. The van der Waals surface area contributed by atoms with Crippen molar-refractivity contribution in [3.8, 4) is 0 Å². The van der Waals surface area contributed by atoms with Crippen molar-refractivity contribution >= 4 is 17.2 Å². The molecule has 0 amide bonds. The monoisotopic (exact) mass is 193 g/mol. The minimum Gasteiger partial charge on any atom is -0.219 e. The van der Waals surface area contributed by atoms with Gasteiger partial charge in [0.05, 0.1) is 11.9 Å². The Morgan fingerprint density at radius 1 is 1.46 bits per heavy atom. The van der Waals surface area contributed by atoms with Crippen LogP contribution >= 0.6 is 11.6 Å². The molecule has 3 rings (SSSR count). The molecule has 0 aromatic carbocycles. The van der Waals surface area contributed by atoms with E-state index in [0.29, 0.717) is 11.1 Å². The molecule has 1 aliphatic carbocycles. The number of hydrogen-bond donors (Lipinski definition) is 0. The van der Waals surface area contributed by atoms with Crippen LogP contribution in [0, 0.1) is 0 Å². The lowest BCUT2D eigenvalue weighted by molar-refractivity contribution is 0.842. The number of nitrogens with zero attached hydrogens (tertiary/aromatic N) is 3. The maximum absolute atomic E-state index is 5.90. The Hall–Kier alpha value is -1.09. The van der Waals surface area contributed by atoms with E-state index in [-0.39, 0.29) is 0 Å². The first-order valence-electron chi connectivity index (χ1n) is 4.35. The van der Waals surface area contributed by atoms with Crippen LogP contribution in [0.3, 0.4) is 0 Å². The largest absolute Gasteiger partial charge is 0.219 e. The van der Waals surface area contributed by atoms with E-state index in [4.69, 9.17) is 11.6 Å². The molecule has 0 aliphatic heterocycles. The molecule has 2 aromatic rings. The van der Waals surface area contributed by atoms with Crippen molar-refractivity contribution < 1.29 is 0 Å². The van der Waals surface area contributed by atoms with Crippen molar-refractivity contribution in [2.45, 2.75) is 18.8 Å². The third-order valence-electron chi connectivity index (χ3n) is 2.35. The predicted octanol–water partition coefficient (Wildman–Crippen LogP) is 2.26. The predicted molar refractivity (Wildman–Crippen MR) is 50.0 cm³/mol. The molecule has 2 heterocycles. The first-order valence-corrected chi connectivity index (χ1v) is 4.72. The van der Waals surface area contributed by atoms with Crippen LogP contribution in [0.15, 0.2) is 18.3 Å². The lowest BCUT2D eigenvalue weighted by Gasteiger charge is -2.02. The molecule has 1 fully saturated rings. The zero-order chi connectivity index (χ0) is 8.84. The van der Waals surface area contributed by atoms with Gasteiger partial charge in [0, 0.05) is 12.0 Å². The smallest absolute Gasteiger partial charge is 0.156 e. The molecule has 2 aromatic heterocycles. The topological polar surface area (TPSA) is 30.2 Å². The van der Waals surface area contributed by atoms with E-state index in [1.807, 2.05) is 16.6 Å². The van der Waals surface area contributed by atoms with Gasteiger partial charge in [0.2, 0.25) is 0 Å². The van der Waals surface area contributed by atoms with Gasteiger partial charge in [-0.05, 0) is 18.9 Å². The molecule has 0 N–H and O–H groups in total. The van der Waals surface area contributed by atoms with E-state index < -0.39 is 0 Å². The highest BCUT2D eigenvalue weighted by molar-refractivity contribution is 6.29. The van der Waals surface area contributed by atoms with Crippen molar-refractivity contribution in [2.75, 3.05) is 0 Å². The normalized spacial score (nSPS) is 16.7. The summed E-state index contributed by atoms with van der Waals surface area (Å²) in [6, 6.07) is 3.79. The van der Waals surface area contributed by atoms with Crippen LogP contribution in [0.4, 0.5) is 0 Å². The summed E-state index contributed by atoms with van der Waals surface area (Å²) in [5.41, 5.74) is 2.04. The zero-order valence-corrected chi connectivity index (χ0v) is 7.70. The van der Waals surface area contributed by atoms with Crippen molar-refractivity contribution in [1.29, 1.82) is 0 Å². The Balaban J connectivity index is 2.33. The summed E-state index contributed by atoms with van der Waals surface area (Å²) >= 11 is 5.90. The van der Waals surface area contributed by atoms with E-state index in [1.165, 1.54) is 18.5 Å². The van der Waals surface area contributed by atoms with Gasteiger partial charge in [-0.25, -0.2) is 9.50 Å². The van der Waals surface area contributed by atoms with E-state index >= 15 is 0 Å². The van der Waals surface area contributed by atoms with Gasteiger partial charge in [0.1, 0.15) is 5.15 Å². The van der Waals surface area contributed by atoms with Gasteiger partial charge in [-0.2, -0.15) is 5.10 Å². The van der Waals surface area contributed by atoms with Gasteiger partial charge < -0.3 is 0 Å². The molecule has 13 heavy (non-hydrogen) atoms. The molecule has 0 saturated heterocycles. The minimum atomic E-state index is 0.565. The highest BCUT2D eigenvalue weighted by atomic mass is 35.5. The third-order valence-corrected chi connectivity index (χ3v) is 2.54. The van der Waals surface area contributed by atoms with Crippen LogP contribution in [0.5, 0.6) is 0 Å². The molecular weight excluding hydrogens is 186 g/mol. The second-order valence-corrected chi connectivity index (χ2v) is 3.77. The standard InChI is InChI=1S/C9H8ClN3/c10-8-5-7(6-1-2-6)13-9(12-8)3-4-11-13/h3-6H,1-2H2. The summed E-state index contributed by atoms with van der Waals surface area (Å²) in [5.74, 6) is 0.642. The molecule has 66 valence electrons. The Labute approximate surface area is 80.3 Å². The van der Waals surface area contributed by atoms with Crippen LogP contribution in [-0.2, 0) is 0 Å². The first-order chi connectivity index (χ1) is 6.34. The van der Waals surface area contributed by atoms with Crippen LogP contribution in [0.25, 0.3) is 5.65 Å². The molecule has 3 nitrogen and oxygen atoms in total. The fourth-order valence-corrected chi connectivity index (χ4v) is 1.77. The van der Waals surface area contributed by atoms with Crippen molar-refractivity contribution in [3.63, 3.8) is 0 Å². The van der Waals surface area contributed by atoms with Gasteiger partial charge in [-0.3, -0.25) is 0 Å². The summed E-state index contributed by atoms with van der Waals surface area (Å²) in [5, 5.41) is 4.78. The fraction of sp³-hybridized carbons (Fsp3) is 0.333. The van der Waals surface area contributed by atoms with Crippen LogP contribution < -0.4 is 0 Å².